The SMILES string of the molecule is CCOCCOc1n[nH]c2cc(NC(=O)NC(c3ccccc3)C3(O)CCC3)ncc12. The molecular formula is C22H27N5O4. The van der Waals surface area contributed by atoms with Crippen LogP contribution >= 0.6 is 0 Å². The van der Waals surface area contributed by atoms with Crippen molar-refractivity contribution in [3.63, 3.8) is 0 Å². The lowest BCUT2D eigenvalue weighted by Gasteiger charge is -2.43. The van der Waals surface area contributed by atoms with Gasteiger partial charge in [0.1, 0.15) is 12.4 Å². The molecule has 2 heterocycles. The van der Waals surface area contributed by atoms with Gasteiger partial charge in [-0.15, -0.1) is 5.10 Å². The number of benzene rings is 1. The van der Waals surface area contributed by atoms with Gasteiger partial charge in [0.15, 0.2) is 0 Å². The van der Waals surface area contributed by atoms with Gasteiger partial charge >= 0.3 is 6.03 Å². The van der Waals surface area contributed by atoms with Crippen LogP contribution in [0.5, 0.6) is 5.88 Å². The molecule has 1 aromatic carbocycles. The number of hydrogen-bond acceptors (Lipinski definition) is 6. The molecule has 9 nitrogen and oxygen atoms in total. The van der Waals surface area contributed by atoms with E-state index in [2.05, 4.69) is 25.8 Å². The van der Waals surface area contributed by atoms with Gasteiger partial charge in [-0.25, -0.2) is 9.78 Å². The number of urea groups is 1. The van der Waals surface area contributed by atoms with Crippen LogP contribution in [-0.4, -0.2) is 51.7 Å². The van der Waals surface area contributed by atoms with E-state index in [1.165, 1.54) is 0 Å². The van der Waals surface area contributed by atoms with E-state index in [1.807, 2.05) is 37.3 Å². The van der Waals surface area contributed by atoms with E-state index in [0.29, 0.717) is 55.3 Å². The molecule has 0 aliphatic heterocycles. The number of amides is 2. The van der Waals surface area contributed by atoms with E-state index in [4.69, 9.17) is 9.47 Å². The monoisotopic (exact) mass is 425 g/mol. The largest absolute Gasteiger partial charge is 0.474 e. The Kier molecular flexibility index (Phi) is 6.34. The number of fused-ring (bicyclic) bond motifs is 1. The highest BCUT2D eigenvalue weighted by molar-refractivity contribution is 5.92. The molecule has 0 radical (unpaired) electrons. The topological polar surface area (TPSA) is 121 Å². The molecule has 3 aromatic rings. The zero-order valence-corrected chi connectivity index (χ0v) is 17.4. The maximum absolute atomic E-state index is 12.7. The lowest BCUT2D eigenvalue weighted by molar-refractivity contribution is -0.0627. The summed E-state index contributed by atoms with van der Waals surface area (Å²) in [5.74, 6) is 0.802. The number of hydrogen-bond donors (Lipinski definition) is 4. The molecule has 164 valence electrons. The van der Waals surface area contributed by atoms with Crippen molar-refractivity contribution in [3.8, 4) is 5.88 Å². The number of anilines is 1. The summed E-state index contributed by atoms with van der Waals surface area (Å²) in [7, 11) is 0. The van der Waals surface area contributed by atoms with Gasteiger partial charge in [0, 0.05) is 18.9 Å². The van der Waals surface area contributed by atoms with E-state index in [-0.39, 0.29) is 0 Å². The molecule has 9 heteroatoms. The van der Waals surface area contributed by atoms with Crippen LogP contribution in [0.4, 0.5) is 10.6 Å². The number of aromatic nitrogens is 3. The lowest BCUT2D eigenvalue weighted by atomic mass is 9.72. The predicted octanol–water partition coefficient (Wildman–Crippen LogP) is 3.15. The molecule has 2 amide bonds. The summed E-state index contributed by atoms with van der Waals surface area (Å²) in [6.07, 6.45) is 3.84. The molecule has 1 unspecified atom stereocenters. The Labute approximate surface area is 180 Å². The summed E-state index contributed by atoms with van der Waals surface area (Å²) in [5.41, 5.74) is 0.618. The van der Waals surface area contributed by atoms with E-state index in [9.17, 15) is 9.90 Å². The molecule has 1 fully saturated rings. The molecular weight excluding hydrogens is 398 g/mol. The number of pyridine rings is 1. The van der Waals surface area contributed by atoms with Gasteiger partial charge in [-0.05, 0) is 31.7 Å². The van der Waals surface area contributed by atoms with E-state index in [0.717, 1.165) is 12.0 Å². The van der Waals surface area contributed by atoms with Crippen LogP contribution in [0.2, 0.25) is 0 Å². The first kappa shape index (κ1) is 21.1. The van der Waals surface area contributed by atoms with Gasteiger partial charge in [0.05, 0.1) is 29.2 Å². The third-order valence-corrected chi connectivity index (χ3v) is 5.49. The number of rotatable bonds is 9. The molecule has 0 bridgehead atoms. The maximum Gasteiger partial charge on any atom is 0.320 e. The Morgan fingerprint density at radius 3 is 2.81 bits per heavy atom. The fourth-order valence-corrected chi connectivity index (χ4v) is 3.69. The highest BCUT2D eigenvalue weighted by atomic mass is 16.5. The summed E-state index contributed by atoms with van der Waals surface area (Å²) < 4.78 is 10.9. The third kappa shape index (κ3) is 4.78. The minimum Gasteiger partial charge on any atom is -0.474 e. The Morgan fingerprint density at radius 1 is 1.29 bits per heavy atom. The first-order valence-corrected chi connectivity index (χ1v) is 10.5. The van der Waals surface area contributed by atoms with Crippen LogP contribution in [0.1, 0.15) is 37.8 Å². The summed E-state index contributed by atoms with van der Waals surface area (Å²) in [6.45, 7) is 3.42. The second-order valence-corrected chi connectivity index (χ2v) is 7.59. The highest BCUT2D eigenvalue weighted by Gasteiger charge is 2.43. The number of nitrogens with zero attached hydrogens (tertiary/aromatic N) is 2. The van der Waals surface area contributed by atoms with Gasteiger partial charge in [0.25, 0.3) is 0 Å². The average Bonchev–Trinajstić information content (AvgIpc) is 3.16. The zero-order chi connectivity index (χ0) is 21.7. The van der Waals surface area contributed by atoms with Crippen LogP contribution in [0.3, 0.4) is 0 Å². The van der Waals surface area contributed by atoms with Crippen molar-refractivity contribution >= 4 is 22.8 Å². The number of ether oxygens (including phenoxy) is 2. The van der Waals surface area contributed by atoms with E-state index in [1.54, 1.807) is 12.3 Å². The Morgan fingerprint density at radius 2 is 2.10 bits per heavy atom. The number of carbonyl (C=O) groups is 1. The highest BCUT2D eigenvalue weighted by Crippen LogP contribution is 2.42. The molecule has 1 atom stereocenters. The van der Waals surface area contributed by atoms with Crippen molar-refractivity contribution in [2.75, 3.05) is 25.1 Å². The number of carbonyl (C=O) groups excluding carboxylic acids is 1. The normalized spacial score (nSPS) is 15.8. The van der Waals surface area contributed by atoms with Gasteiger partial charge in [-0.2, -0.15) is 0 Å². The standard InChI is InChI=1S/C22H27N5O4/c1-2-30-11-12-31-20-16-14-23-18(13-17(16)26-27-20)24-21(28)25-19(22(29)9-6-10-22)15-7-4-3-5-8-15/h3-5,7-8,13-14,19,29H,2,6,9-12H2,1H3,(H,26,27)(H2,23,24,25,28). The molecule has 4 rings (SSSR count). The molecule has 0 saturated heterocycles. The first-order valence-electron chi connectivity index (χ1n) is 10.5. The lowest BCUT2D eigenvalue weighted by Crippen LogP contribution is -2.51. The molecule has 31 heavy (non-hydrogen) atoms. The Bertz CT molecular complexity index is 1020. The van der Waals surface area contributed by atoms with E-state index >= 15 is 0 Å². The molecule has 4 N–H and O–H groups in total. The van der Waals surface area contributed by atoms with E-state index < -0.39 is 17.7 Å². The van der Waals surface area contributed by atoms with Crippen LogP contribution in [0, 0.1) is 0 Å². The quantitative estimate of drug-likeness (QED) is 0.391. The first-order chi connectivity index (χ1) is 15.1. The van der Waals surface area contributed by atoms with Crippen molar-refractivity contribution in [2.24, 2.45) is 0 Å². The Hall–Kier alpha value is -3.17. The molecule has 2 aromatic heterocycles. The predicted molar refractivity (Wildman–Crippen MR) is 116 cm³/mol. The number of H-pyrrole nitrogens is 1. The van der Waals surface area contributed by atoms with Crippen LogP contribution in [0.25, 0.3) is 10.9 Å². The summed E-state index contributed by atoms with van der Waals surface area (Å²) in [6, 6.07) is 10.3. The second kappa shape index (κ2) is 9.32. The van der Waals surface area contributed by atoms with Crippen LogP contribution in [0.15, 0.2) is 42.6 Å². The fourth-order valence-electron chi connectivity index (χ4n) is 3.69. The molecule has 1 aliphatic carbocycles. The smallest absolute Gasteiger partial charge is 0.320 e. The average molecular weight is 425 g/mol. The number of aliphatic hydroxyl groups is 1. The van der Waals surface area contributed by atoms with Gasteiger partial charge in [0.2, 0.25) is 5.88 Å². The van der Waals surface area contributed by atoms with Gasteiger partial charge < -0.3 is 19.9 Å². The third-order valence-electron chi connectivity index (χ3n) is 5.49. The van der Waals surface area contributed by atoms with Crippen molar-refractivity contribution < 1.29 is 19.4 Å². The minimum absolute atomic E-state index is 0.363. The van der Waals surface area contributed by atoms with Crippen molar-refractivity contribution in [2.45, 2.75) is 37.8 Å². The van der Waals surface area contributed by atoms with Crippen LogP contribution in [-0.2, 0) is 4.74 Å². The second-order valence-electron chi connectivity index (χ2n) is 7.59. The van der Waals surface area contributed by atoms with Crippen LogP contribution < -0.4 is 15.4 Å². The molecule has 0 spiro atoms. The number of aromatic amines is 1. The molecule has 1 saturated carbocycles. The summed E-state index contributed by atoms with van der Waals surface area (Å²) >= 11 is 0. The van der Waals surface area contributed by atoms with Gasteiger partial charge in [-0.1, -0.05) is 30.3 Å². The van der Waals surface area contributed by atoms with Crippen molar-refractivity contribution in [1.29, 1.82) is 0 Å². The Balaban J connectivity index is 1.42. The fraction of sp³-hybridized carbons (Fsp3) is 0.409. The minimum atomic E-state index is -0.937. The molecule has 1 aliphatic rings. The maximum atomic E-state index is 12.7. The van der Waals surface area contributed by atoms with Gasteiger partial charge in [-0.3, -0.25) is 10.4 Å². The summed E-state index contributed by atoms with van der Waals surface area (Å²) in [5, 5.41) is 24.3. The number of nitrogens with one attached hydrogen (secondary N) is 3. The zero-order valence-electron chi connectivity index (χ0n) is 17.4. The van der Waals surface area contributed by atoms with Crippen molar-refractivity contribution in [1.82, 2.24) is 20.5 Å². The summed E-state index contributed by atoms with van der Waals surface area (Å²) in [4.78, 5) is 17.0. The van der Waals surface area contributed by atoms with Crippen molar-refractivity contribution in [3.05, 3.63) is 48.2 Å².